The molecule has 1 nitrogen and oxygen atoms in total. The van der Waals surface area contributed by atoms with Crippen LogP contribution in [0.25, 0.3) is 0 Å². The Kier molecular flexibility index (Phi) is 3.21. The van der Waals surface area contributed by atoms with Crippen LogP contribution in [0.4, 0.5) is 13.2 Å². The van der Waals surface area contributed by atoms with Gasteiger partial charge in [0.15, 0.2) is 0 Å². The predicted octanol–water partition coefficient (Wildman–Crippen LogP) is 3.85. The van der Waals surface area contributed by atoms with E-state index in [1.54, 1.807) is 13.0 Å². The van der Waals surface area contributed by atoms with E-state index in [4.69, 9.17) is 0 Å². The Bertz CT molecular complexity index is 533. The molecular formula is C13H11F3OS. The van der Waals surface area contributed by atoms with Gasteiger partial charge in [-0.05, 0) is 23.9 Å². The van der Waals surface area contributed by atoms with Gasteiger partial charge in [-0.15, -0.1) is 11.3 Å². The summed E-state index contributed by atoms with van der Waals surface area (Å²) in [6.07, 6.45) is -4.76. The lowest BCUT2D eigenvalue weighted by Gasteiger charge is -2.30. The van der Waals surface area contributed by atoms with Gasteiger partial charge in [0.05, 0.1) is 0 Å². The maximum Gasteiger partial charge on any atom is 0.426 e. The first-order valence-corrected chi connectivity index (χ1v) is 6.14. The number of alkyl halides is 3. The normalized spacial score (nSPS) is 15.4. The Labute approximate surface area is 107 Å². The van der Waals surface area contributed by atoms with Gasteiger partial charge in [0.2, 0.25) is 5.60 Å². The molecule has 0 saturated carbocycles. The van der Waals surface area contributed by atoms with Crippen LogP contribution in [0.3, 0.4) is 0 Å². The van der Waals surface area contributed by atoms with Gasteiger partial charge in [0, 0.05) is 4.88 Å². The van der Waals surface area contributed by atoms with Crippen molar-refractivity contribution in [3.8, 4) is 0 Å². The number of hydrogen-bond acceptors (Lipinski definition) is 2. The first kappa shape index (κ1) is 13.1. The van der Waals surface area contributed by atoms with Crippen LogP contribution >= 0.6 is 11.3 Å². The van der Waals surface area contributed by atoms with Crippen molar-refractivity contribution in [3.05, 3.63) is 57.8 Å². The summed E-state index contributed by atoms with van der Waals surface area (Å²) < 4.78 is 39.7. The van der Waals surface area contributed by atoms with Crippen LogP contribution in [0.1, 0.15) is 16.0 Å². The molecule has 1 aromatic heterocycles. The van der Waals surface area contributed by atoms with Crippen LogP contribution in [0.2, 0.25) is 0 Å². The number of aliphatic hydroxyl groups is 1. The van der Waals surface area contributed by atoms with Gasteiger partial charge < -0.3 is 5.11 Å². The molecule has 1 unspecified atom stereocenters. The molecule has 1 N–H and O–H groups in total. The molecule has 0 saturated heterocycles. The average molecular weight is 272 g/mol. The second kappa shape index (κ2) is 4.40. The van der Waals surface area contributed by atoms with E-state index in [2.05, 4.69) is 0 Å². The Morgan fingerprint density at radius 3 is 2.33 bits per heavy atom. The molecule has 2 rings (SSSR count). The molecule has 0 aliphatic rings. The largest absolute Gasteiger partial charge is 0.426 e. The third kappa shape index (κ3) is 2.04. The molecule has 0 bridgehead atoms. The number of halogens is 3. The van der Waals surface area contributed by atoms with Crippen molar-refractivity contribution in [1.82, 2.24) is 0 Å². The Morgan fingerprint density at radius 1 is 1.11 bits per heavy atom. The second-order valence-corrected chi connectivity index (χ2v) is 5.00. The number of aryl methyl sites for hydroxylation is 1. The Hall–Kier alpha value is -1.33. The number of hydrogen-bond donors (Lipinski definition) is 1. The summed E-state index contributed by atoms with van der Waals surface area (Å²) in [4.78, 5) is -0.124. The molecule has 96 valence electrons. The van der Waals surface area contributed by atoms with E-state index in [0.717, 1.165) is 11.3 Å². The average Bonchev–Trinajstić information content (AvgIpc) is 2.80. The SMILES string of the molecule is Cc1cccc(C(O)(c2cccs2)C(F)(F)F)c1. The molecule has 0 fully saturated rings. The minimum Gasteiger partial charge on any atom is -0.372 e. The van der Waals surface area contributed by atoms with Crippen LogP contribution in [-0.4, -0.2) is 11.3 Å². The third-order valence-electron chi connectivity index (χ3n) is 2.72. The zero-order valence-corrected chi connectivity index (χ0v) is 10.3. The van der Waals surface area contributed by atoms with E-state index in [1.807, 2.05) is 0 Å². The lowest BCUT2D eigenvalue weighted by molar-refractivity contribution is -0.247. The molecule has 1 aromatic carbocycles. The smallest absolute Gasteiger partial charge is 0.372 e. The van der Waals surface area contributed by atoms with Crippen LogP contribution in [0, 0.1) is 6.92 Å². The van der Waals surface area contributed by atoms with E-state index in [1.165, 1.54) is 35.7 Å². The van der Waals surface area contributed by atoms with Gasteiger partial charge >= 0.3 is 6.18 Å². The molecule has 1 atom stereocenters. The minimum absolute atomic E-state index is 0.124. The highest BCUT2D eigenvalue weighted by atomic mass is 32.1. The van der Waals surface area contributed by atoms with Crippen LogP contribution < -0.4 is 0 Å². The topological polar surface area (TPSA) is 20.2 Å². The fourth-order valence-corrected chi connectivity index (χ4v) is 2.67. The minimum atomic E-state index is -4.76. The lowest BCUT2D eigenvalue weighted by Crippen LogP contribution is -2.42. The monoisotopic (exact) mass is 272 g/mol. The summed E-state index contributed by atoms with van der Waals surface area (Å²) in [5.41, 5.74) is -2.42. The molecule has 18 heavy (non-hydrogen) atoms. The summed E-state index contributed by atoms with van der Waals surface area (Å²) >= 11 is 0.887. The summed E-state index contributed by atoms with van der Waals surface area (Å²) in [5, 5.41) is 11.7. The first-order chi connectivity index (χ1) is 8.35. The van der Waals surface area contributed by atoms with Crippen LogP contribution in [0.15, 0.2) is 41.8 Å². The zero-order chi connectivity index (χ0) is 13.4. The summed E-state index contributed by atoms with van der Waals surface area (Å²) in [5.74, 6) is 0. The highest BCUT2D eigenvalue weighted by Crippen LogP contribution is 2.45. The van der Waals surface area contributed by atoms with Crippen molar-refractivity contribution in [1.29, 1.82) is 0 Å². The molecule has 0 aliphatic heterocycles. The van der Waals surface area contributed by atoms with Gasteiger partial charge in [-0.2, -0.15) is 13.2 Å². The van der Waals surface area contributed by atoms with Crippen molar-refractivity contribution in [3.63, 3.8) is 0 Å². The molecule has 0 aliphatic carbocycles. The molecule has 1 heterocycles. The van der Waals surface area contributed by atoms with Crippen molar-refractivity contribution in [2.24, 2.45) is 0 Å². The van der Waals surface area contributed by atoms with E-state index in [0.29, 0.717) is 5.56 Å². The standard InChI is InChI=1S/C13H11F3OS/c1-9-4-2-5-10(8-9)12(17,13(14,15)16)11-6-3-7-18-11/h2-8,17H,1H3. The Balaban J connectivity index is 2.64. The predicted molar refractivity (Wildman–Crippen MR) is 64.6 cm³/mol. The highest BCUT2D eigenvalue weighted by molar-refractivity contribution is 7.10. The summed E-state index contributed by atoms with van der Waals surface area (Å²) in [6.45, 7) is 1.69. The Morgan fingerprint density at radius 2 is 1.83 bits per heavy atom. The van der Waals surface area contributed by atoms with E-state index < -0.39 is 11.8 Å². The van der Waals surface area contributed by atoms with Gasteiger partial charge in [-0.25, -0.2) is 0 Å². The van der Waals surface area contributed by atoms with Crippen molar-refractivity contribution in [2.75, 3.05) is 0 Å². The molecule has 0 radical (unpaired) electrons. The molecule has 0 amide bonds. The number of thiophene rings is 1. The number of rotatable bonds is 2. The third-order valence-corrected chi connectivity index (χ3v) is 3.70. The number of benzene rings is 1. The fraction of sp³-hybridized carbons (Fsp3) is 0.231. The maximum absolute atomic E-state index is 13.2. The van der Waals surface area contributed by atoms with Gasteiger partial charge in [0.25, 0.3) is 0 Å². The van der Waals surface area contributed by atoms with Crippen molar-refractivity contribution >= 4 is 11.3 Å². The zero-order valence-electron chi connectivity index (χ0n) is 9.53. The lowest BCUT2D eigenvalue weighted by atomic mass is 9.90. The van der Waals surface area contributed by atoms with Gasteiger partial charge in [0.1, 0.15) is 0 Å². The van der Waals surface area contributed by atoms with E-state index in [9.17, 15) is 18.3 Å². The van der Waals surface area contributed by atoms with Crippen molar-refractivity contribution in [2.45, 2.75) is 18.7 Å². The van der Waals surface area contributed by atoms with Crippen LogP contribution in [0.5, 0.6) is 0 Å². The van der Waals surface area contributed by atoms with Crippen LogP contribution in [-0.2, 0) is 5.60 Å². The second-order valence-electron chi connectivity index (χ2n) is 4.05. The highest BCUT2D eigenvalue weighted by Gasteiger charge is 2.56. The van der Waals surface area contributed by atoms with Crippen molar-refractivity contribution < 1.29 is 18.3 Å². The molecule has 2 aromatic rings. The molecule has 0 spiro atoms. The summed E-state index contributed by atoms with van der Waals surface area (Å²) in [6, 6.07) is 8.63. The van der Waals surface area contributed by atoms with Gasteiger partial charge in [-0.3, -0.25) is 0 Å². The fourth-order valence-electron chi connectivity index (χ4n) is 1.80. The summed E-state index contributed by atoms with van der Waals surface area (Å²) in [7, 11) is 0. The molecule has 5 heteroatoms. The van der Waals surface area contributed by atoms with E-state index in [-0.39, 0.29) is 10.4 Å². The molecular weight excluding hydrogens is 261 g/mol. The maximum atomic E-state index is 13.2. The first-order valence-electron chi connectivity index (χ1n) is 5.26. The quantitative estimate of drug-likeness (QED) is 0.880. The van der Waals surface area contributed by atoms with E-state index >= 15 is 0 Å². The van der Waals surface area contributed by atoms with Gasteiger partial charge in [-0.1, -0.05) is 35.9 Å².